The highest BCUT2D eigenvalue weighted by Gasteiger charge is 2.38. The van der Waals surface area contributed by atoms with Gasteiger partial charge in [-0.15, -0.1) is 0 Å². The van der Waals surface area contributed by atoms with Crippen molar-refractivity contribution >= 4 is 38.5 Å². The third-order valence-corrected chi connectivity index (χ3v) is 6.28. The highest BCUT2D eigenvalue weighted by atomic mass is 32.1. The average molecular weight is 466 g/mol. The Kier molecular flexibility index (Phi) is 6.20. The highest BCUT2D eigenvalue weighted by Crippen LogP contribution is 2.37. The van der Waals surface area contributed by atoms with Crippen LogP contribution in [-0.4, -0.2) is 58.3 Å². The van der Waals surface area contributed by atoms with Crippen molar-refractivity contribution in [1.29, 1.82) is 0 Å². The first-order valence-corrected chi connectivity index (χ1v) is 10.9. The number of aliphatic hydroxyl groups is 1. The Hall–Kier alpha value is -2.92. The summed E-state index contributed by atoms with van der Waals surface area (Å²) >= 11 is 1.37. The quantitative estimate of drug-likeness (QED) is 0.609. The van der Waals surface area contributed by atoms with E-state index in [1.807, 2.05) is 24.3 Å². The molecule has 0 radical (unpaired) electrons. The molecule has 1 aromatic carbocycles. The second-order valence-electron chi connectivity index (χ2n) is 7.59. The van der Waals surface area contributed by atoms with Crippen molar-refractivity contribution in [3.8, 4) is 0 Å². The second kappa shape index (κ2) is 8.91. The molecule has 0 unspecified atom stereocenters. The molecular formula is C21H22F3N5O2S. The number of halogens is 3. The number of piperazine rings is 1. The summed E-state index contributed by atoms with van der Waals surface area (Å²) in [5.74, 6) is -0.155. The molecule has 1 saturated heterocycles. The maximum Gasteiger partial charge on any atom is 0.419 e. The number of nitrogens with zero attached hydrogens (tertiary/aromatic N) is 4. The van der Waals surface area contributed by atoms with E-state index in [9.17, 15) is 18.0 Å². The van der Waals surface area contributed by atoms with Crippen LogP contribution in [0.2, 0.25) is 0 Å². The summed E-state index contributed by atoms with van der Waals surface area (Å²) in [6.07, 6.45) is -3.11. The van der Waals surface area contributed by atoms with E-state index in [0.717, 1.165) is 16.3 Å². The average Bonchev–Trinajstić information content (AvgIpc) is 3.15. The second-order valence-corrected chi connectivity index (χ2v) is 8.62. The standard InChI is InChI=1S/C21H22F3N5O2S/c1-13-12-28(18-15(21(22,23)24)10-14(6-9-30)11-25-18)7-8-29(13)20(31)27-19-26-16-4-2-3-5-17(16)32-19/h2-5,10-11,13,30H,6-9,12H2,1H3,(H,26,27,31)/t13-/m1/s1. The lowest BCUT2D eigenvalue weighted by Gasteiger charge is -2.40. The van der Waals surface area contributed by atoms with E-state index in [0.29, 0.717) is 10.7 Å². The van der Waals surface area contributed by atoms with Crippen molar-refractivity contribution < 1.29 is 23.1 Å². The third kappa shape index (κ3) is 4.63. The van der Waals surface area contributed by atoms with Crippen molar-refractivity contribution in [2.24, 2.45) is 0 Å². The van der Waals surface area contributed by atoms with Gasteiger partial charge in [-0.1, -0.05) is 23.5 Å². The summed E-state index contributed by atoms with van der Waals surface area (Å²) in [5, 5.41) is 12.3. The number of para-hydroxylation sites is 1. The molecule has 3 aromatic rings. The first-order valence-electron chi connectivity index (χ1n) is 10.1. The number of anilines is 2. The number of carbonyl (C=O) groups is 1. The Morgan fingerprint density at radius 2 is 2.09 bits per heavy atom. The number of nitrogens with one attached hydrogen (secondary N) is 1. The predicted molar refractivity (Wildman–Crippen MR) is 117 cm³/mol. The molecule has 170 valence electrons. The minimum absolute atomic E-state index is 0.104. The first kappa shape index (κ1) is 22.3. The van der Waals surface area contributed by atoms with Crippen molar-refractivity contribution in [3.05, 3.63) is 47.7 Å². The predicted octanol–water partition coefficient (Wildman–Crippen LogP) is 3.99. The topological polar surface area (TPSA) is 81.6 Å². The number of hydrogen-bond acceptors (Lipinski definition) is 6. The number of hydrogen-bond donors (Lipinski definition) is 2. The van der Waals surface area contributed by atoms with Crippen LogP contribution in [0.4, 0.5) is 28.9 Å². The minimum Gasteiger partial charge on any atom is -0.396 e. The maximum atomic E-state index is 13.6. The molecule has 4 rings (SSSR count). The summed E-state index contributed by atoms with van der Waals surface area (Å²) < 4.78 is 41.9. The number of aliphatic hydroxyl groups excluding tert-OH is 1. The van der Waals surface area contributed by atoms with Crippen LogP contribution in [0.5, 0.6) is 0 Å². The SMILES string of the molecule is C[C@@H]1CN(c2ncc(CCO)cc2C(F)(F)F)CCN1C(=O)Nc1nc2ccccc2s1. The third-order valence-electron chi connectivity index (χ3n) is 5.32. The van der Waals surface area contributed by atoms with Crippen LogP contribution in [0.1, 0.15) is 18.1 Å². The number of pyridine rings is 1. The first-order chi connectivity index (χ1) is 15.3. The van der Waals surface area contributed by atoms with E-state index in [1.165, 1.54) is 17.5 Å². The molecule has 0 aliphatic carbocycles. The number of thiazole rings is 1. The van der Waals surface area contributed by atoms with Gasteiger partial charge in [0, 0.05) is 38.5 Å². The van der Waals surface area contributed by atoms with E-state index in [-0.39, 0.29) is 50.6 Å². The molecule has 2 N–H and O–H groups in total. The Morgan fingerprint density at radius 3 is 2.78 bits per heavy atom. The van der Waals surface area contributed by atoms with Gasteiger partial charge in [0.1, 0.15) is 5.82 Å². The molecule has 11 heteroatoms. The van der Waals surface area contributed by atoms with Gasteiger partial charge < -0.3 is 14.9 Å². The minimum atomic E-state index is -4.57. The molecule has 7 nitrogen and oxygen atoms in total. The highest BCUT2D eigenvalue weighted by molar-refractivity contribution is 7.22. The molecule has 1 aliphatic rings. The largest absolute Gasteiger partial charge is 0.419 e. The fraction of sp³-hybridized carbons (Fsp3) is 0.381. The van der Waals surface area contributed by atoms with E-state index in [4.69, 9.17) is 5.11 Å². The Morgan fingerprint density at radius 1 is 1.31 bits per heavy atom. The molecule has 0 spiro atoms. The van der Waals surface area contributed by atoms with Gasteiger partial charge in [-0.2, -0.15) is 13.2 Å². The van der Waals surface area contributed by atoms with Gasteiger partial charge in [-0.05, 0) is 37.1 Å². The van der Waals surface area contributed by atoms with E-state index in [2.05, 4.69) is 15.3 Å². The number of aromatic nitrogens is 2. The van der Waals surface area contributed by atoms with Crippen LogP contribution in [0.25, 0.3) is 10.2 Å². The number of rotatable bonds is 4. The van der Waals surface area contributed by atoms with Crippen molar-refractivity contribution in [2.45, 2.75) is 25.6 Å². The van der Waals surface area contributed by atoms with Crippen LogP contribution < -0.4 is 10.2 Å². The van der Waals surface area contributed by atoms with Gasteiger partial charge in [0.2, 0.25) is 0 Å². The van der Waals surface area contributed by atoms with Crippen LogP contribution in [-0.2, 0) is 12.6 Å². The lowest BCUT2D eigenvalue weighted by Crippen LogP contribution is -2.55. The van der Waals surface area contributed by atoms with Gasteiger partial charge in [0.15, 0.2) is 5.13 Å². The van der Waals surface area contributed by atoms with Gasteiger partial charge in [-0.25, -0.2) is 14.8 Å². The zero-order valence-corrected chi connectivity index (χ0v) is 18.1. The lowest BCUT2D eigenvalue weighted by atomic mass is 10.1. The number of benzene rings is 1. The number of urea groups is 1. The van der Waals surface area contributed by atoms with Crippen LogP contribution in [0.3, 0.4) is 0 Å². The van der Waals surface area contributed by atoms with Crippen LogP contribution in [0, 0.1) is 0 Å². The molecule has 0 bridgehead atoms. The van der Waals surface area contributed by atoms with Crippen molar-refractivity contribution in [1.82, 2.24) is 14.9 Å². The molecule has 3 heterocycles. The molecular weight excluding hydrogens is 443 g/mol. The summed E-state index contributed by atoms with van der Waals surface area (Å²) in [5.41, 5.74) is 0.287. The summed E-state index contributed by atoms with van der Waals surface area (Å²) in [7, 11) is 0. The smallest absolute Gasteiger partial charge is 0.396 e. The number of fused-ring (bicyclic) bond motifs is 1. The zero-order chi connectivity index (χ0) is 22.9. The van der Waals surface area contributed by atoms with Gasteiger partial charge in [-0.3, -0.25) is 5.32 Å². The molecule has 1 aliphatic heterocycles. The van der Waals surface area contributed by atoms with E-state index < -0.39 is 11.7 Å². The zero-order valence-electron chi connectivity index (χ0n) is 17.3. The van der Waals surface area contributed by atoms with E-state index >= 15 is 0 Å². The Labute approximate surface area is 186 Å². The van der Waals surface area contributed by atoms with Crippen LogP contribution in [0.15, 0.2) is 36.5 Å². The van der Waals surface area contributed by atoms with Crippen molar-refractivity contribution in [3.63, 3.8) is 0 Å². The molecule has 32 heavy (non-hydrogen) atoms. The van der Waals surface area contributed by atoms with E-state index in [1.54, 1.807) is 16.7 Å². The number of carbonyl (C=O) groups excluding carboxylic acids is 1. The normalized spacial score (nSPS) is 17.1. The monoisotopic (exact) mass is 465 g/mol. The number of alkyl halides is 3. The molecule has 2 amide bonds. The van der Waals surface area contributed by atoms with Gasteiger partial charge >= 0.3 is 12.2 Å². The fourth-order valence-corrected chi connectivity index (χ4v) is 4.62. The van der Waals surface area contributed by atoms with Crippen LogP contribution >= 0.6 is 11.3 Å². The Bertz CT molecular complexity index is 1090. The van der Waals surface area contributed by atoms with Gasteiger partial charge in [0.25, 0.3) is 0 Å². The molecule has 2 aromatic heterocycles. The van der Waals surface area contributed by atoms with Crippen molar-refractivity contribution in [2.75, 3.05) is 36.5 Å². The van der Waals surface area contributed by atoms with Gasteiger partial charge in [0.05, 0.1) is 15.8 Å². The molecule has 1 atom stereocenters. The summed E-state index contributed by atoms with van der Waals surface area (Å²) in [6.45, 7) is 2.21. The summed E-state index contributed by atoms with van der Waals surface area (Å²) in [4.78, 5) is 24.4. The molecule has 1 fully saturated rings. The lowest BCUT2D eigenvalue weighted by molar-refractivity contribution is -0.137. The number of amides is 2. The molecule has 0 saturated carbocycles. The maximum absolute atomic E-state index is 13.6. The summed E-state index contributed by atoms with van der Waals surface area (Å²) in [6, 6.07) is 7.91. The Balaban J connectivity index is 1.47. The fourth-order valence-electron chi connectivity index (χ4n) is 3.77.